The standard InChI is InChI=1S/C16H28N4/c1-13(2)18-12-15-5-6-17-16(11-15)20-9-7-19(8-10-20)14(3)4/h5-6,11,13-14,18H,7-10,12H2,1-4H3. The Morgan fingerprint density at radius 1 is 1.15 bits per heavy atom. The van der Waals surface area contributed by atoms with E-state index in [-0.39, 0.29) is 0 Å². The van der Waals surface area contributed by atoms with Crippen molar-refractivity contribution >= 4 is 5.82 Å². The molecule has 2 heterocycles. The van der Waals surface area contributed by atoms with Gasteiger partial charge in [0.05, 0.1) is 0 Å². The van der Waals surface area contributed by atoms with Crippen molar-refractivity contribution < 1.29 is 0 Å². The second-order valence-electron chi connectivity index (χ2n) is 6.17. The van der Waals surface area contributed by atoms with E-state index >= 15 is 0 Å². The van der Waals surface area contributed by atoms with Gasteiger partial charge in [0.15, 0.2) is 0 Å². The molecule has 1 N–H and O–H groups in total. The van der Waals surface area contributed by atoms with Crippen LogP contribution in [0.2, 0.25) is 0 Å². The highest BCUT2D eigenvalue weighted by atomic mass is 15.3. The molecule has 1 saturated heterocycles. The summed E-state index contributed by atoms with van der Waals surface area (Å²) < 4.78 is 0. The minimum atomic E-state index is 0.515. The fourth-order valence-corrected chi connectivity index (χ4v) is 2.53. The quantitative estimate of drug-likeness (QED) is 0.892. The van der Waals surface area contributed by atoms with Crippen LogP contribution in [0.1, 0.15) is 33.3 Å². The molecular weight excluding hydrogens is 248 g/mol. The summed E-state index contributed by atoms with van der Waals surface area (Å²) in [6.45, 7) is 14.2. The van der Waals surface area contributed by atoms with E-state index in [9.17, 15) is 0 Å². The van der Waals surface area contributed by atoms with Crippen LogP contribution in [0.25, 0.3) is 0 Å². The van der Waals surface area contributed by atoms with Crippen LogP contribution in [-0.4, -0.2) is 48.1 Å². The van der Waals surface area contributed by atoms with Crippen molar-refractivity contribution in [3.63, 3.8) is 0 Å². The molecule has 4 heteroatoms. The van der Waals surface area contributed by atoms with E-state index in [2.05, 4.69) is 59.9 Å². The average molecular weight is 276 g/mol. The third kappa shape index (κ3) is 4.18. The van der Waals surface area contributed by atoms with Crippen LogP contribution in [0.4, 0.5) is 5.82 Å². The number of piperazine rings is 1. The molecule has 112 valence electrons. The van der Waals surface area contributed by atoms with Crippen molar-refractivity contribution in [3.05, 3.63) is 23.9 Å². The Bertz CT molecular complexity index is 409. The predicted octanol–water partition coefficient (Wildman–Crippen LogP) is 2.11. The van der Waals surface area contributed by atoms with Crippen LogP contribution >= 0.6 is 0 Å². The van der Waals surface area contributed by atoms with Crippen molar-refractivity contribution in [1.82, 2.24) is 15.2 Å². The molecule has 1 fully saturated rings. The molecule has 4 nitrogen and oxygen atoms in total. The molecule has 0 aromatic carbocycles. The Kier molecular flexibility index (Phi) is 5.38. The molecule has 1 aliphatic heterocycles. The fourth-order valence-electron chi connectivity index (χ4n) is 2.53. The maximum Gasteiger partial charge on any atom is 0.128 e. The predicted molar refractivity (Wildman–Crippen MR) is 85.1 cm³/mol. The minimum absolute atomic E-state index is 0.515. The molecule has 1 aromatic heterocycles. The van der Waals surface area contributed by atoms with Gasteiger partial charge in [-0.1, -0.05) is 13.8 Å². The lowest BCUT2D eigenvalue weighted by Crippen LogP contribution is -2.49. The molecule has 0 radical (unpaired) electrons. The molecule has 20 heavy (non-hydrogen) atoms. The summed E-state index contributed by atoms with van der Waals surface area (Å²) in [5.41, 5.74) is 1.31. The average Bonchev–Trinajstić information content (AvgIpc) is 2.45. The van der Waals surface area contributed by atoms with Crippen molar-refractivity contribution in [2.75, 3.05) is 31.1 Å². The normalized spacial score (nSPS) is 17.2. The number of hydrogen-bond donors (Lipinski definition) is 1. The second-order valence-corrected chi connectivity index (χ2v) is 6.17. The van der Waals surface area contributed by atoms with Crippen molar-refractivity contribution in [2.24, 2.45) is 0 Å². The lowest BCUT2D eigenvalue weighted by molar-refractivity contribution is 0.209. The van der Waals surface area contributed by atoms with Gasteiger partial charge in [0.2, 0.25) is 0 Å². The summed E-state index contributed by atoms with van der Waals surface area (Å²) in [5.74, 6) is 1.12. The van der Waals surface area contributed by atoms with Gasteiger partial charge in [0.25, 0.3) is 0 Å². The van der Waals surface area contributed by atoms with Crippen molar-refractivity contribution in [3.8, 4) is 0 Å². The summed E-state index contributed by atoms with van der Waals surface area (Å²) in [5, 5.41) is 3.46. The van der Waals surface area contributed by atoms with E-state index in [1.165, 1.54) is 5.56 Å². The van der Waals surface area contributed by atoms with Crippen LogP contribution < -0.4 is 10.2 Å². The summed E-state index contributed by atoms with van der Waals surface area (Å²) in [7, 11) is 0. The SMILES string of the molecule is CC(C)NCc1ccnc(N2CCN(C(C)C)CC2)c1. The van der Waals surface area contributed by atoms with Crippen molar-refractivity contribution in [2.45, 2.75) is 46.3 Å². The zero-order chi connectivity index (χ0) is 14.5. The van der Waals surface area contributed by atoms with E-state index in [0.29, 0.717) is 12.1 Å². The molecular formula is C16H28N4. The first-order chi connectivity index (χ1) is 9.56. The summed E-state index contributed by atoms with van der Waals surface area (Å²) >= 11 is 0. The number of rotatable bonds is 5. The Morgan fingerprint density at radius 3 is 2.45 bits per heavy atom. The summed E-state index contributed by atoms with van der Waals surface area (Å²) in [6.07, 6.45) is 1.93. The molecule has 0 spiro atoms. The molecule has 0 bridgehead atoms. The second kappa shape index (κ2) is 7.04. The van der Waals surface area contributed by atoms with Crippen LogP contribution in [0.3, 0.4) is 0 Å². The van der Waals surface area contributed by atoms with Gasteiger partial charge in [-0.3, -0.25) is 4.90 Å². The molecule has 0 unspecified atom stereocenters. The highest BCUT2D eigenvalue weighted by molar-refractivity contribution is 5.41. The molecule has 1 aliphatic rings. The number of anilines is 1. The van der Waals surface area contributed by atoms with Gasteiger partial charge in [-0.05, 0) is 31.5 Å². The number of aromatic nitrogens is 1. The van der Waals surface area contributed by atoms with Gasteiger partial charge >= 0.3 is 0 Å². The first kappa shape index (κ1) is 15.3. The molecule has 2 rings (SSSR count). The van der Waals surface area contributed by atoms with E-state index in [1.54, 1.807) is 0 Å². The molecule has 0 amide bonds. The van der Waals surface area contributed by atoms with Gasteiger partial charge in [0.1, 0.15) is 5.82 Å². The Labute approximate surface area is 123 Å². The molecule has 1 aromatic rings. The van der Waals surface area contributed by atoms with Crippen LogP contribution in [0, 0.1) is 0 Å². The van der Waals surface area contributed by atoms with E-state index in [1.807, 2.05) is 6.20 Å². The topological polar surface area (TPSA) is 31.4 Å². The Morgan fingerprint density at radius 2 is 1.85 bits per heavy atom. The third-order valence-corrected chi connectivity index (χ3v) is 3.89. The molecule has 0 atom stereocenters. The van der Waals surface area contributed by atoms with Gasteiger partial charge in [0, 0.05) is 51.0 Å². The van der Waals surface area contributed by atoms with E-state index in [0.717, 1.165) is 38.5 Å². The minimum Gasteiger partial charge on any atom is -0.354 e. The van der Waals surface area contributed by atoms with Crippen molar-refractivity contribution in [1.29, 1.82) is 0 Å². The van der Waals surface area contributed by atoms with Gasteiger partial charge in [-0.15, -0.1) is 0 Å². The lowest BCUT2D eigenvalue weighted by Gasteiger charge is -2.37. The van der Waals surface area contributed by atoms with Gasteiger partial charge in [-0.2, -0.15) is 0 Å². The summed E-state index contributed by atoms with van der Waals surface area (Å²) in [4.78, 5) is 9.47. The Hall–Kier alpha value is -1.13. The highest BCUT2D eigenvalue weighted by Gasteiger charge is 2.19. The maximum absolute atomic E-state index is 4.54. The molecule has 0 aliphatic carbocycles. The molecule has 0 saturated carbocycles. The van der Waals surface area contributed by atoms with Crippen LogP contribution in [0.15, 0.2) is 18.3 Å². The highest BCUT2D eigenvalue weighted by Crippen LogP contribution is 2.16. The zero-order valence-electron chi connectivity index (χ0n) is 13.3. The van der Waals surface area contributed by atoms with E-state index < -0.39 is 0 Å². The number of pyridine rings is 1. The Balaban J connectivity index is 1.94. The largest absolute Gasteiger partial charge is 0.354 e. The van der Waals surface area contributed by atoms with Crippen LogP contribution in [-0.2, 0) is 6.54 Å². The first-order valence-electron chi connectivity index (χ1n) is 7.73. The number of nitrogens with one attached hydrogen (secondary N) is 1. The van der Waals surface area contributed by atoms with E-state index in [4.69, 9.17) is 0 Å². The van der Waals surface area contributed by atoms with Gasteiger partial charge < -0.3 is 10.2 Å². The smallest absolute Gasteiger partial charge is 0.128 e. The zero-order valence-corrected chi connectivity index (χ0v) is 13.3. The lowest BCUT2D eigenvalue weighted by atomic mass is 10.2. The maximum atomic E-state index is 4.54. The summed E-state index contributed by atoms with van der Waals surface area (Å²) in [6, 6.07) is 5.48. The number of hydrogen-bond acceptors (Lipinski definition) is 4. The van der Waals surface area contributed by atoms with Crippen LogP contribution in [0.5, 0.6) is 0 Å². The number of nitrogens with zero attached hydrogens (tertiary/aromatic N) is 3. The monoisotopic (exact) mass is 276 g/mol. The van der Waals surface area contributed by atoms with Gasteiger partial charge in [-0.25, -0.2) is 4.98 Å². The first-order valence-corrected chi connectivity index (χ1v) is 7.73. The third-order valence-electron chi connectivity index (χ3n) is 3.89. The fraction of sp³-hybridized carbons (Fsp3) is 0.688.